The average Bonchev–Trinajstić information content (AvgIpc) is 3.72. The van der Waals surface area contributed by atoms with E-state index >= 15 is 0 Å². The highest BCUT2D eigenvalue weighted by molar-refractivity contribution is 9.10. The zero-order valence-corrected chi connectivity index (χ0v) is 33.5. The predicted molar refractivity (Wildman–Crippen MR) is 218 cm³/mol. The first kappa shape index (κ1) is 40.1. The number of fused-ring (bicyclic) bond motifs is 2. The molecule has 0 atom stereocenters. The van der Waals surface area contributed by atoms with Gasteiger partial charge in [0.1, 0.15) is 35.4 Å². The molecule has 0 fully saturated rings. The van der Waals surface area contributed by atoms with Gasteiger partial charge in [0.05, 0.1) is 15.2 Å². The van der Waals surface area contributed by atoms with E-state index in [-0.39, 0.29) is 11.5 Å². The van der Waals surface area contributed by atoms with E-state index in [1.165, 1.54) is 12.7 Å². The molecule has 13 heteroatoms. The highest BCUT2D eigenvalue weighted by Gasteiger charge is 2.36. The van der Waals surface area contributed by atoms with Crippen LogP contribution in [0.25, 0.3) is 56.0 Å². The SMILES string of the molecule is CC.CC(C)(C)OC(=O)N(C(=O)OC(C)(C)C)c1ncnc2oc(-c3ccccc3)c(Br)c12.Nc1ncnc2oc(-c3ccccc3)c(-c3ccccc3)c12. The largest absolute Gasteiger partial charge is 0.443 e. The van der Waals surface area contributed by atoms with Crippen LogP contribution in [0.15, 0.2) is 117 Å². The van der Waals surface area contributed by atoms with E-state index in [1.54, 1.807) is 41.5 Å². The number of nitrogens with zero attached hydrogens (tertiary/aromatic N) is 5. The molecular weight excluding hydrogens is 764 g/mol. The van der Waals surface area contributed by atoms with Crippen molar-refractivity contribution < 1.29 is 27.9 Å². The van der Waals surface area contributed by atoms with Crippen LogP contribution >= 0.6 is 15.9 Å². The molecule has 3 aromatic carbocycles. The van der Waals surface area contributed by atoms with E-state index in [2.05, 4.69) is 35.9 Å². The van der Waals surface area contributed by atoms with E-state index in [0.29, 0.717) is 27.2 Å². The zero-order valence-electron chi connectivity index (χ0n) is 32.0. The quantitative estimate of drug-likeness (QED) is 0.180. The van der Waals surface area contributed by atoms with Crippen molar-refractivity contribution in [1.82, 2.24) is 19.9 Å². The first-order valence-electron chi connectivity index (χ1n) is 17.6. The number of anilines is 2. The van der Waals surface area contributed by atoms with E-state index < -0.39 is 23.4 Å². The van der Waals surface area contributed by atoms with Crippen molar-refractivity contribution in [2.24, 2.45) is 0 Å². The summed E-state index contributed by atoms with van der Waals surface area (Å²) < 4.78 is 23.3. The number of furan rings is 2. The Bertz CT molecular complexity index is 2360. The molecule has 0 radical (unpaired) electrons. The minimum atomic E-state index is -0.920. The summed E-state index contributed by atoms with van der Waals surface area (Å²) in [6.45, 7) is 14.2. The highest BCUT2D eigenvalue weighted by atomic mass is 79.9. The summed E-state index contributed by atoms with van der Waals surface area (Å²) in [5.74, 6) is 1.67. The molecule has 0 spiro atoms. The fraction of sp³-hybridized carbons (Fsp3) is 0.238. The van der Waals surface area contributed by atoms with E-state index in [0.717, 1.165) is 38.3 Å². The lowest BCUT2D eigenvalue weighted by molar-refractivity contribution is 0.0429. The summed E-state index contributed by atoms with van der Waals surface area (Å²) in [6.07, 6.45) is 0.793. The van der Waals surface area contributed by atoms with Crippen LogP contribution in [0.5, 0.6) is 0 Å². The first-order chi connectivity index (χ1) is 26.2. The molecule has 7 rings (SSSR count). The van der Waals surface area contributed by atoms with Crippen molar-refractivity contribution in [1.29, 1.82) is 0 Å². The van der Waals surface area contributed by atoms with Gasteiger partial charge in [-0.1, -0.05) is 105 Å². The second-order valence-corrected chi connectivity index (χ2v) is 14.6. The van der Waals surface area contributed by atoms with E-state index in [9.17, 15) is 9.59 Å². The summed E-state index contributed by atoms with van der Waals surface area (Å²) in [5.41, 5.74) is 8.84. The van der Waals surface area contributed by atoms with E-state index in [1.807, 2.05) is 105 Å². The molecule has 0 aliphatic heterocycles. The Labute approximate surface area is 327 Å². The van der Waals surface area contributed by atoms with Crippen molar-refractivity contribution in [3.63, 3.8) is 0 Å². The van der Waals surface area contributed by atoms with Gasteiger partial charge in [0.15, 0.2) is 11.6 Å². The number of nitrogens with two attached hydrogens (primary N) is 1. The van der Waals surface area contributed by atoms with Gasteiger partial charge >= 0.3 is 12.2 Å². The number of halogens is 1. The third-order valence-corrected chi connectivity index (χ3v) is 8.18. The van der Waals surface area contributed by atoms with Gasteiger partial charge in [0.25, 0.3) is 0 Å². The molecule has 0 aliphatic rings. The van der Waals surface area contributed by atoms with Gasteiger partial charge in [0.2, 0.25) is 11.4 Å². The number of benzene rings is 3. The van der Waals surface area contributed by atoms with Gasteiger partial charge in [-0.3, -0.25) is 0 Å². The Hall–Kier alpha value is -6.08. The van der Waals surface area contributed by atoms with Crippen molar-refractivity contribution in [2.75, 3.05) is 10.6 Å². The second-order valence-electron chi connectivity index (χ2n) is 13.8. The normalized spacial score (nSPS) is 11.2. The summed E-state index contributed by atoms with van der Waals surface area (Å²) >= 11 is 3.52. The Morgan fingerprint density at radius 2 is 1.04 bits per heavy atom. The number of aromatic nitrogens is 4. The first-order valence-corrected chi connectivity index (χ1v) is 18.4. The number of ether oxygens (including phenoxy) is 2. The number of carbonyl (C=O) groups excluding carboxylic acids is 2. The highest BCUT2D eigenvalue weighted by Crippen LogP contribution is 2.42. The number of rotatable bonds is 4. The molecule has 284 valence electrons. The fourth-order valence-electron chi connectivity index (χ4n) is 5.32. The molecule has 7 aromatic rings. The maximum atomic E-state index is 13.0. The number of imide groups is 1. The summed E-state index contributed by atoms with van der Waals surface area (Å²) in [7, 11) is 0. The topological polar surface area (TPSA) is 160 Å². The lowest BCUT2D eigenvalue weighted by Crippen LogP contribution is -2.44. The lowest BCUT2D eigenvalue weighted by Gasteiger charge is -2.28. The third kappa shape index (κ3) is 9.36. The minimum absolute atomic E-state index is 0.00805. The summed E-state index contributed by atoms with van der Waals surface area (Å²) in [6, 6.07) is 29.3. The smallest absolute Gasteiger partial charge is 0.425 e. The third-order valence-electron chi connectivity index (χ3n) is 7.43. The number of hydrogen-bond acceptors (Lipinski definition) is 11. The second kappa shape index (κ2) is 16.9. The molecule has 0 aliphatic carbocycles. The number of nitrogen functional groups attached to an aromatic ring is 1. The molecule has 12 nitrogen and oxygen atoms in total. The van der Waals surface area contributed by atoms with E-state index in [4.69, 9.17) is 24.0 Å². The molecule has 0 bridgehead atoms. The van der Waals surface area contributed by atoms with Crippen molar-refractivity contribution in [3.05, 3.63) is 108 Å². The van der Waals surface area contributed by atoms with Crippen LogP contribution in [0.3, 0.4) is 0 Å². The minimum Gasteiger partial charge on any atom is -0.443 e. The molecule has 4 aromatic heterocycles. The van der Waals surface area contributed by atoms with Gasteiger partial charge in [-0.15, -0.1) is 0 Å². The summed E-state index contributed by atoms with van der Waals surface area (Å²) in [4.78, 5) is 43.5. The Kier molecular flexibility index (Phi) is 12.4. The van der Waals surface area contributed by atoms with Gasteiger partial charge in [-0.05, 0) is 63.0 Å². The molecule has 55 heavy (non-hydrogen) atoms. The van der Waals surface area contributed by atoms with Gasteiger partial charge in [0, 0.05) is 16.7 Å². The predicted octanol–water partition coefficient (Wildman–Crippen LogP) is 11.5. The molecule has 0 saturated heterocycles. The monoisotopic (exact) mass is 806 g/mol. The zero-order chi connectivity index (χ0) is 39.9. The van der Waals surface area contributed by atoms with Gasteiger partial charge in [-0.2, -0.15) is 4.90 Å². The number of carbonyl (C=O) groups is 2. The standard InChI is InChI=1S/C22H24BrN3O5.C18H13N3O.C2H6/c1-21(2,3)30-19(27)26(20(28)31-22(4,5)6)17-14-15(23)16(13-10-8-7-9-11-13)29-18(14)25-12-24-17;19-17-15-14(12-7-3-1-4-8-12)16(13-9-5-2-6-10-13)22-18(15)21-11-20-17;1-2/h7-12H,1-6H3;1-11H,(H2,19,20,21);1-2H3. The van der Waals surface area contributed by atoms with Crippen LogP contribution in [0.4, 0.5) is 21.2 Å². The lowest BCUT2D eigenvalue weighted by atomic mass is 9.99. The Balaban J connectivity index is 0.000000212. The number of hydrogen-bond donors (Lipinski definition) is 1. The molecular formula is C42H43BrN6O6. The van der Waals surface area contributed by atoms with Crippen LogP contribution in [0.2, 0.25) is 0 Å². The fourth-order valence-corrected chi connectivity index (χ4v) is 5.98. The molecule has 0 unspecified atom stereocenters. The van der Waals surface area contributed by atoms with Crippen molar-refractivity contribution in [3.8, 4) is 33.8 Å². The van der Waals surface area contributed by atoms with Crippen molar-refractivity contribution >= 4 is 62.0 Å². The Morgan fingerprint density at radius 3 is 1.53 bits per heavy atom. The van der Waals surface area contributed by atoms with Crippen LogP contribution < -0.4 is 10.6 Å². The van der Waals surface area contributed by atoms with Gasteiger partial charge < -0.3 is 24.0 Å². The summed E-state index contributed by atoms with van der Waals surface area (Å²) in [5, 5.41) is 1.10. The number of amides is 2. The van der Waals surface area contributed by atoms with Crippen molar-refractivity contribution in [2.45, 2.75) is 66.6 Å². The molecule has 2 amide bonds. The maximum absolute atomic E-state index is 13.0. The Morgan fingerprint density at radius 1 is 0.618 bits per heavy atom. The van der Waals surface area contributed by atoms with Crippen LogP contribution in [0.1, 0.15) is 55.4 Å². The van der Waals surface area contributed by atoms with Crippen LogP contribution in [-0.2, 0) is 9.47 Å². The molecule has 0 saturated carbocycles. The van der Waals surface area contributed by atoms with Crippen LogP contribution in [0, 0.1) is 0 Å². The van der Waals surface area contributed by atoms with Gasteiger partial charge in [-0.25, -0.2) is 29.5 Å². The average molecular weight is 808 g/mol. The molecule has 4 heterocycles. The molecule has 2 N–H and O–H groups in total. The maximum Gasteiger partial charge on any atom is 0.425 e. The van der Waals surface area contributed by atoms with Crippen LogP contribution in [-0.4, -0.2) is 43.3 Å².